The van der Waals surface area contributed by atoms with Crippen molar-refractivity contribution in [1.29, 1.82) is 0 Å². The van der Waals surface area contributed by atoms with Gasteiger partial charge in [-0.3, -0.25) is 4.68 Å². The Morgan fingerprint density at radius 2 is 2.33 bits per heavy atom. The average Bonchev–Trinajstić information content (AvgIpc) is 2.82. The summed E-state index contributed by atoms with van der Waals surface area (Å²) < 4.78 is 6.84. The Bertz CT molecular complexity index is 497. The number of ether oxygens (including phenoxy) is 1. The van der Waals surface area contributed by atoms with Crippen LogP contribution in [0.2, 0.25) is 0 Å². The summed E-state index contributed by atoms with van der Waals surface area (Å²) in [7, 11) is 1.68. The van der Waals surface area contributed by atoms with E-state index in [0.717, 1.165) is 23.8 Å². The molecule has 0 aliphatic carbocycles. The summed E-state index contributed by atoms with van der Waals surface area (Å²) in [5.74, 6) is 0.782. The van der Waals surface area contributed by atoms with Gasteiger partial charge in [-0.2, -0.15) is 5.10 Å². The first-order valence-electron chi connectivity index (χ1n) is 5.82. The first kappa shape index (κ1) is 12.5. The molecule has 0 spiro atoms. The second kappa shape index (κ2) is 6.11. The molecule has 0 saturated carbocycles. The van der Waals surface area contributed by atoms with Crippen molar-refractivity contribution in [2.24, 2.45) is 0 Å². The maximum atomic E-state index is 5.00. The molecule has 0 atom stereocenters. The van der Waals surface area contributed by atoms with Crippen molar-refractivity contribution >= 4 is 5.69 Å². The van der Waals surface area contributed by atoms with E-state index in [1.165, 1.54) is 0 Å². The van der Waals surface area contributed by atoms with Gasteiger partial charge >= 0.3 is 0 Å². The summed E-state index contributed by atoms with van der Waals surface area (Å²) in [5.41, 5.74) is 1.94. The molecule has 0 aliphatic rings. The number of anilines is 1. The Balaban J connectivity index is 1.88. The van der Waals surface area contributed by atoms with Gasteiger partial charge < -0.3 is 10.1 Å². The van der Waals surface area contributed by atoms with Crippen molar-refractivity contribution in [3.63, 3.8) is 0 Å². The van der Waals surface area contributed by atoms with E-state index in [1.54, 1.807) is 19.5 Å². The third-order valence-electron chi connectivity index (χ3n) is 2.47. The van der Waals surface area contributed by atoms with Crippen molar-refractivity contribution in [2.45, 2.75) is 20.0 Å². The highest BCUT2D eigenvalue weighted by Gasteiger charge is 1.99. The van der Waals surface area contributed by atoms with Crippen LogP contribution >= 0.6 is 0 Å². The third kappa shape index (κ3) is 3.53. The summed E-state index contributed by atoms with van der Waals surface area (Å²) in [6.45, 7) is 3.96. The highest BCUT2D eigenvalue weighted by Crippen LogP contribution is 2.06. The van der Waals surface area contributed by atoms with E-state index >= 15 is 0 Å². The van der Waals surface area contributed by atoms with Gasteiger partial charge in [-0.15, -0.1) is 0 Å². The lowest BCUT2D eigenvalue weighted by Crippen LogP contribution is -2.04. The summed E-state index contributed by atoms with van der Waals surface area (Å²) >= 11 is 0. The van der Waals surface area contributed by atoms with Gasteiger partial charge in [0, 0.05) is 19.5 Å². The number of hydrogen-bond acceptors (Lipinski definition) is 5. The summed E-state index contributed by atoms with van der Waals surface area (Å²) in [6, 6.07) is 1.90. The van der Waals surface area contributed by atoms with Gasteiger partial charge in [0.2, 0.25) is 0 Å². The van der Waals surface area contributed by atoms with E-state index < -0.39 is 0 Å². The molecule has 0 amide bonds. The van der Waals surface area contributed by atoms with Crippen molar-refractivity contribution in [3.8, 4) is 0 Å². The number of hydrogen-bond donors (Lipinski definition) is 1. The van der Waals surface area contributed by atoms with Gasteiger partial charge in [-0.1, -0.05) is 0 Å². The molecule has 0 unspecified atom stereocenters. The number of rotatable bonds is 6. The number of aryl methyl sites for hydroxylation is 1. The van der Waals surface area contributed by atoms with Crippen LogP contribution in [0.1, 0.15) is 11.5 Å². The molecule has 6 nitrogen and oxygen atoms in total. The van der Waals surface area contributed by atoms with Crippen LogP contribution in [-0.4, -0.2) is 33.5 Å². The van der Waals surface area contributed by atoms with Gasteiger partial charge in [0.25, 0.3) is 0 Å². The second-order valence-electron chi connectivity index (χ2n) is 3.93. The predicted molar refractivity (Wildman–Crippen MR) is 68.2 cm³/mol. The first-order valence-corrected chi connectivity index (χ1v) is 5.82. The van der Waals surface area contributed by atoms with Gasteiger partial charge in [0.05, 0.1) is 37.3 Å². The Hall–Kier alpha value is -1.95. The van der Waals surface area contributed by atoms with E-state index in [4.69, 9.17) is 4.74 Å². The molecular formula is C12H17N5O. The molecule has 0 bridgehead atoms. The smallest absolute Gasteiger partial charge is 0.125 e. The Kier molecular flexibility index (Phi) is 4.25. The van der Waals surface area contributed by atoms with Gasteiger partial charge in [-0.05, 0) is 13.0 Å². The van der Waals surface area contributed by atoms with Crippen LogP contribution in [0.25, 0.3) is 0 Å². The van der Waals surface area contributed by atoms with Crippen LogP contribution in [0.15, 0.2) is 24.7 Å². The van der Waals surface area contributed by atoms with E-state index in [1.807, 2.05) is 23.9 Å². The number of methoxy groups -OCH3 is 1. The molecule has 6 heteroatoms. The maximum Gasteiger partial charge on any atom is 0.125 e. The highest BCUT2D eigenvalue weighted by atomic mass is 16.5. The molecule has 0 aromatic carbocycles. The molecule has 18 heavy (non-hydrogen) atoms. The predicted octanol–water partition coefficient (Wildman–Crippen LogP) is 1.24. The van der Waals surface area contributed by atoms with Gasteiger partial charge in [0.1, 0.15) is 5.82 Å². The van der Waals surface area contributed by atoms with Crippen LogP contribution < -0.4 is 5.32 Å². The Labute approximate surface area is 106 Å². The topological polar surface area (TPSA) is 64.9 Å². The number of nitrogens with one attached hydrogen (secondary N) is 1. The summed E-state index contributed by atoms with van der Waals surface area (Å²) in [5, 5.41) is 7.50. The summed E-state index contributed by atoms with van der Waals surface area (Å²) in [4.78, 5) is 8.39. The second-order valence-corrected chi connectivity index (χ2v) is 3.93. The molecule has 2 aromatic heterocycles. The fourth-order valence-corrected chi connectivity index (χ4v) is 1.56. The number of nitrogens with zero attached hydrogens (tertiary/aromatic N) is 4. The minimum absolute atomic E-state index is 0.659. The minimum Gasteiger partial charge on any atom is -0.383 e. The maximum absolute atomic E-state index is 5.00. The van der Waals surface area contributed by atoms with Crippen LogP contribution in [0, 0.1) is 6.92 Å². The van der Waals surface area contributed by atoms with Crippen LogP contribution in [0.3, 0.4) is 0 Å². The molecule has 2 aromatic rings. The highest BCUT2D eigenvalue weighted by molar-refractivity contribution is 5.38. The van der Waals surface area contributed by atoms with E-state index in [9.17, 15) is 0 Å². The molecule has 2 heterocycles. The largest absolute Gasteiger partial charge is 0.383 e. The molecule has 1 N–H and O–H groups in total. The quantitative estimate of drug-likeness (QED) is 0.832. The zero-order valence-corrected chi connectivity index (χ0v) is 10.6. The van der Waals surface area contributed by atoms with Crippen molar-refractivity contribution in [2.75, 3.05) is 19.0 Å². The Morgan fingerprint density at radius 3 is 3.11 bits per heavy atom. The van der Waals surface area contributed by atoms with E-state index in [2.05, 4.69) is 20.4 Å². The molecule has 0 aliphatic heterocycles. The first-order chi connectivity index (χ1) is 8.78. The molecule has 2 rings (SSSR count). The fourth-order valence-electron chi connectivity index (χ4n) is 1.56. The standard InChI is InChI=1S/C12H17N5O/c1-10-13-4-3-11(16-10)7-14-12-8-15-17(9-12)5-6-18-2/h3-4,8-9,14H,5-7H2,1-2H3. The third-order valence-corrected chi connectivity index (χ3v) is 2.47. The van der Waals surface area contributed by atoms with Crippen LogP contribution in [0.4, 0.5) is 5.69 Å². The lowest BCUT2D eigenvalue weighted by atomic mass is 10.4. The van der Waals surface area contributed by atoms with Gasteiger partial charge in [0.15, 0.2) is 0 Å². The normalized spacial score (nSPS) is 10.6. The SMILES string of the molecule is COCCn1cc(NCc2ccnc(C)n2)cn1. The molecular weight excluding hydrogens is 230 g/mol. The van der Waals surface area contributed by atoms with Crippen molar-refractivity contribution < 1.29 is 4.74 Å². The fraction of sp³-hybridized carbons (Fsp3) is 0.417. The zero-order valence-electron chi connectivity index (χ0n) is 10.6. The lowest BCUT2D eigenvalue weighted by Gasteiger charge is -2.03. The van der Waals surface area contributed by atoms with E-state index in [0.29, 0.717) is 13.2 Å². The lowest BCUT2D eigenvalue weighted by molar-refractivity contribution is 0.183. The number of aromatic nitrogens is 4. The average molecular weight is 247 g/mol. The molecule has 0 fully saturated rings. The van der Waals surface area contributed by atoms with E-state index in [-0.39, 0.29) is 0 Å². The van der Waals surface area contributed by atoms with Crippen molar-refractivity contribution in [3.05, 3.63) is 36.2 Å². The van der Waals surface area contributed by atoms with Crippen LogP contribution in [0.5, 0.6) is 0 Å². The zero-order chi connectivity index (χ0) is 12.8. The van der Waals surface area contributed by atoms with Crippen LogP contribution in [-0.2, 0) is 17.8 Å². The molecule has 0 saturated heterocycles. The van der Waals surface area contributed by atoms with Gasteiger partial charge in [-0.25, -0.2) is 9.97 Å². The summed E-state index contributed by atoms with van der Waals surface area (Å²) in [6.07, 6.45) is 5.51. The molecule has 0 radical (unpaired) electrons. The molecule has 96 valence electrons. The Morgan fingerprint density at radius 1 is 1.44 bits per heavy atom. The monoisotopic (exact) mass is 247 g/mol. The van der Waals surface area contributed by atoms with Crippen molar-refractivity contribution in [1.82, 2.24) is 19.7 Å². The minimum atomic E-state index is 0.659.